The Hall–Kier alpha value is 0.710. The van der Waals surface area contributed by atoms with Gasteiger partial charge in [-0.15, -0.1) is 13.2 Å². The molecular weight excluding hydrogens is 256 g/mol. The zero-order chi connectivity index (χ0) is 8.24. The van der Waals surface area contributed by atoms with Gasteiger partial charge in [-0.2, -0.15) is 0 Å². The fourth-order valence-corrected chi connectivity index (χ4v) is 0.289. The predicted molar refractivity (Wildman–Crippen MR) is 45.3 cm³/mol. The topological polar surface area (TPSA) is 46.1 Å². The Balaban J connectivity index is -0.000000107. The van der Waals surface area contributed by atoms with E-state index < -0.39 is 0 Å². The molecule has 0 aliphatic carbocycles. The van der Waals surface area contributed by atoms with Crippen LogP contribution in [-0.2, 0) is 0 Å². The first-order valence-electron chi connectivity index (χ1n) is 3.99. The third-order valence-electron chi connectivity index (χ3n) is 0.996. The minimum atomic E-state index is 0. The fourth-order valence-electron chi connectivity index (χ4n) is 0.289. The van der Waals surface area contributed by atoms with E-state index in [1.165, 1.54) is 0 Å². The van der Waals surface area contributed by atoms with Gasteiger partial charge in [0.1, 0.15) is 0 Å². The van der Waals surface area contributed by atoms with Crippen LogP contribution < -0.4 is 10.2 Å². The van der Waals surface area contributed by atoms with Crippen molar-refractivity contribution in [3.8, 4) is 0 Å². The summed E-state index contributed by atoms with van der Waals surface area (Å²) in [6.07, 6.45) is 3.73. The van der Waals surface area contributed by atoms with Gasteiger partial charge in [0.05, 0.1) is 0 Å². The average molecular weight is 274 g/mol. The van der Waals surface area contributed by atoms with Crippen LogP contribution in [0.25, 0.3) is 0 Å². The molecule has 3 heteroatoms. The summed E-state index contributed by atoms with van der Waals surface area (Å²) in [5.41, 5.74) is 0. The smallest absolute Gasteiger partial charge is 0.854 e. The Morgan fingerprint density at radius 3 is 1.09 bits per heavy atom. The van der Waals surface area contributed by atoms with Crippen LogP contribution in [0.1, 0.15) is 39.5 Å². The standard InChI is InChI=1S/2C4H9O.Te/c2*1-2-3-4-5;/h2*2-4H2,1H3;/q2*-1;+2. The maximum Gasteiger partial charge on any atom is 2.00 e. The molecule has 0 aliphatic heterocycles. The molecular formula is C8H18O2Te. The molecule has 68 valence electrons. The Morgan fingerprint density at radius 2 is 1.09 bits per heavy atom. The molecule has 4 radical (unpaired) electrons. The van der Waals surface area contributed by atoms with Crippen LogP contribution in [0.15, 0.2) is 0 Å². The number of unbranched alkanes of at least 4 members (excludes halogenated alkanes) is 2. The second kappa shape index (κ2) is 22.4. The molecule has 0 aliphatic rings. The molecule has 0 fully saturated rings. The average Bonchev–Trinajstić information content (AvgIpc) is 1.93. The van der Waals surface area contributed by atoms with Gasteiger partial charge in [-0.05, 0) is 0 Å². The van der Waals surface area contributed by atoms with Gasteiger partial charge >= 0.3 is 23.7 Å². The van der Waals surface area contributed by atoms with E-state index in [0.29, 0.717) is 0 Å². The second-order valence-electron chi connectivity index (χ2n) is 2.12. The number of hydrogen-bond donors (Lipinski definition) is 0. The summed E-state index contributed by atoms with van der Waals surface area (Å²) in [6, 6.07) is 0. The first kappa shape index (κ1) is 17.7. The Morgan fingerprint density at radius 1 is 0.818 bits per heavy atom. The third-order valence-corrected chi connectivity index (χ3v) is 0.996. The molecule has 0 spiro atoms. The van der Waals surface area contributed by atoms with Crippen molar-refractivity contribution < 1.29 is 10.2 Å². The summed E-state index contributed by atoms with van der Waals surface area (Å²) in [4.78, 5) is 0. The van der Waals surface area contributed by atoms with Crippen LogP contribution in [0, 0.1) is 0 Å². The maximum atomic E-state index is 9.53. The van der Waals surface area contributed by atoms with Gasteiger partial charge < -0.3 is 10.2 Å². The summed E-state index contributed by atoms with van der Waals surface area (Å²) >= 11 is 0. The van der Waals surface area contributed by atoms with E-state index in [0.717, 1.165) is 25.7 Å². The molecule has 0 aromatic heterocycles. The van der Waals surface area contributed by atoms with Gasteiger partial charge in [-0.25, -0.2) is 0 Å². The number of rotatable bonds is 4. The van der Waals surface area contributed by atoms with Crippen molar-refractivity contribution in [1.82, 2.24) is 0 Å². The van der Waals surface area contributed by atoms with E-state index in [1.807, 2.05) is 13.8 Å². The van der Waals surface area contributed by atoms with Crippen LogP contribution in [0.2, 0.25) is 0 Å². The first-order valence-corrected chi connectivity index (χ1v) is 3.99. The van der Waals surface area contributed by atoms with E-state index in [-0.39, 0.29) is 36.9 Å². The van der Waals surface area contributed by atoms with Gasteiger partial charge in [-0.3, -0.25) is 0 Å². The SMILES string of the molecule is CCCC[O-].CCCC[O-].[Te+2]. The minimum Gasteiger partial charge on any atom is -0.854 e. The Bertz CT molecular complexity index is 33.1. The van der Waals surface area contributed by atoms with Crippen molar-refractivity contribution in [1.29, 1.82) is 0 Å². The molecule has 0 amide bonds. The van der Waals surface area contributed by atoms with Crippen LogP contribution in [0.4, 0.5) is 0 Å². The molecule has 11 heavy (non-hydrogen) atoms. The molecule has 0 saturated carbocycles. The molecule has 0 atom stereocenters. The first-order chi connectivity index (χ1) is 4.83. The van der Waals surface area contributed by atoms with Crippen LogP contribution in [0.3, 0.4) is 0 Å². The second-order valence-corrected chi connectivity index (χ2v) is 2.12. The zero-order valence-electron chi connectivity index (χ0n) is 7.47. The van der Waals surface area contributed by atoms with Crippen LogP contribution in [-0.4, -0.2) is 36.9 Å². The van der Waals surface area contributed by atoms with E-state index in [2.05, 4.69) is 0 Å². The molecule has 0 heterocycles. The maximum absolute atomic E-state index is 9.53. The summed E-state index contributed by atoms with van der Waals surface area (Å²) < 4.78 is 0. The molecule has 0 N–H and O–H groups in total. The fraction of sp³-hybridized carbons (Fsp3) is 1.00. The molecule has 0 rings (SSSR count). The van der Waals surface area contributed by atoms with Crippen molar-refractivity contribution in [3.63, 3.8) is 0 Å². The van der Waals surface area contributed by atoms with E-state index in [9.17, 15) is 10.2 Å². The summed E-state index contributed by atoms with van der Waals surface area (Å²) in [7, 11) is 0. The van der Waals surface area contributed by atoms with Gasteiger partial charge in [0, 0.05) is 0 Å². The van der Waals surface area contributed by atoms with Crippen LogP contribution in [0.5, 0.6) is 0 Å². The van der Waals surface area contributed by atoms with Crippen molar-refractivity contribution in [3.05, 3.63) is 0 Å². The summed E-state index contributed by atoms with van der Waals surface area (Å²) in [5.74, 6) is 0. The van der Waals surface area contributed by atoms with E-state index >= 15 is 0 Å². The monoisotopic (exact) mass is 276 g/mol. The van der Waals surface area contributed by atoms with Gasteiger partial charge in [0.15, 0.2) is 0 Å². The molecule has 0 aromatic rings. The molecule has 0 saturated heterocycles. The van der Waals surface area contributed by atoms with Crippen LogP contribution >= 0.6 is 0 Å². The zero-order valence-corrected chi connectivity index (χ0v) is 9.80. The van der Waals surface area contributed by atoms with Gasteiger partial charge in [-0.1, -0.05) is 39.5 Å². The Labute approximate surface area is 86.7 Å². The quantitative estimate of drug-likeness (QED) is 0.673. The van der Waals surface area contributed by atoms with Crippen molar-refractivity contribution in [2.24, 2.45) is 0 Å². The van der Waals surface area contributed by atoms with Crippen molar-refractivity contribution >= 4 is 23.7 Å². The summed E-state index contributed by atoms with van der Waals surface area (Å²) in [6.45, 7) is 4.21. The third kappa shape index (κ3) is 36.6. The van der Waals surface area contributed by atoms with Gasteiger partial charge in [0.2, 0.25) is 0 Å². The normalized spacial score (nSPS) is 7.64. The molecule has 0 unspecified atom stereocenters. The predicted octanol–water partition coefficient (Wildman–Crippen LogP) is -0.0872. The van der Waals surface area contributed by atoms with Crippen molar-refractivity contribution in [2.45, 2.75) is 39.5 Å². The molecule has 0 aromatic carbocycles. The largest absolute Gasteiger partial charge is 2.00 e. The molecule has 2 nitrogen and oxygen atoms in total. The van der Waals surface area contributed by atoms with Gasteiger partial charge in [0.25, 0.3) is 0 Å². The van der Waals surface area contributed by atoms with E-state index in [4.69, 9.17) is 0 Å². The Kier molecular flexibility index (Phi) is 36.1. The summed E-state index contributed by atoms with van der Waals surface area (Å²) in [5, 5.41) is 19.1. The van der Waals surface area contributed by atoms with E-state index in [1.54, 1.807) is 0 Å². The number of hydrogen-bond acceptors (Lipinski definition) is 2. The molecule has 0 bridgehead atoms. The van der Waals surface area contributed by atoms with Crippen molar-refractivity contribution in [2.75, 3.05) is 13.2 Å². The minimum absolute atomic E-state index is 0.